The first-order chi connectivity index (χ1) is 9.89. The Balaban J connectivity index is 0. The summed E-state index contributed by atoms with van der Waals surface area (Å²) in [6.07, 6.45) is 10.8. The van der Waals surface area contributed by atoms with Gasteiger partial charge < -0.3 is 21.6 Å². The fraction of sp³-hybridized carbons (Fsp3) is 0.833. The van der Waals surface area contributed by atoms with Gasteiger partial charge in [-0.3, -0.25) is 0 Å². The van der Waals surface area contributed by atoms with Crippen LogP contribution in [0.2, 0.25) is 0 Å². The third-order valence-corrected chi connectivity index (χ3v) is 3.90. The Morgan fingerprint density at radius 1 is 0.955 bits per heavy atom. The highest BCUT2D eigenvalue weighted by Crippen LogP contribution is 2.10. The summed E-state index contributed by atoms with van der Waals surface area (Å²) in [4.78, 5) is 11.3. The standard InChI is InChI=1S/C18H36NO2.ClH/c1-6-7-8-9-10-11-12-13-14-19(4,5)15-16-21-18(20)17(2)3;/h2,6-16H2,1,3-5H3;1H/q+1;/p-1. The lowest BCUT2D eigenvalue weighted by Crippen LogP contribution is -3.00. The second-order valence-electron chi connectivity index (χ2n) is 6.77. The molecule has 0 aliphatic rings. The zero-order valence-electron chi connectivity index (χ0n) is 15.1. The Kier molecular flexibility index (Phi) is 15.2. The normalized spacial score (nSPS) is 10.9. The van der Waals surface area contributed by atoms with Gasteiger partial charge in [-0.15, -0.1) is 0 Å². The van der Waals surface area contributed by atoms with E-state index < -0.39 is 0 Å². The van der Waals surface area contributed by atoms with E-state index in [4.69, 9.17) is 4.74 Å². The van der Waals surface area contributed by atoms with Gasteiger partial charge in [0.2, 0.25) is 0 Å². The predicted molar refractivity (Wildman–Crippen MR) is 90.2 cm³/mol. The maximum atomic E-state index is 11.3. The smallest absolute Gasteiger partial charge is 0.333 e. The summed E-state index contributed by atoms with van der Waals surface area (Å²) in [5, 5.41) is 0. The highest BCUT2D eigenvalue weighted by atomic mass is 35.5. The van der Waals surface area contributed by atoms with E-state index in [0.29, 0.717) is 12.2 Å². The van der Waals surface area contributed by atoms with Gasteiger partial charge in [0.1, 0.15) is 13.2 Å². The molecule has 0 saturated heterocycles. The van der Waals surface area contributed by atoms with Crippen LogP contribution in [0.5, 0.6) is 0 Å². The maximum Gasteiger partial charge on any atom is 0.333 e. The van der Waals surface area contributed by atoms with Crippen molar-refractivity contribution in [2.75, 3.05) is 33.8 Å². The number of hydrogen-bond donors (Lipinski definition) is 0. The number of carbonyl (C=O) groups excluding carboxylic acids is 1. The number of ether oxygens (including phenoxy) is 1. The summed E-state index contributed by atoms with van der Waals surface area (Å²) in [6.45, 7) is 10.0. The minimum atomic E-state index is -0.276. The van der Waals surface area contributed by atoms with Crippen LogP contribution in [-0.2, 0) is 9.53 Å². The van der Waals surface area contributed by atoms with Gasteiger partial charge >= 0.3 is 5.97 Å². The number of unbranched alkanes of at least 4 members (excludes halogenated alkanes) is 7. The molecule has 4 heteroatoms. The quantitative estimate of drug-likeness (QED) is 0.220. The average Bonchev–Trinajstić information content (AvgIpc) is 2.41. The molecule has 0 aliphatic heterocycles. The molecule has 0 unspecified atom stereocenters. The molecule has 0 heterocycles. The molecular formula is C18H36ClNO2. The van der Waals surface area contributed by atoms with Crippen LogP contribution >= 0.6 is 0 Å². The molecule has 0 aliphatic carbocycles. The third kappa shape index (κ3) is 14.4. The molecule has 0 fully saturated rings. The van der Waals surface area contributed by atoms with E-state index >= 15 is 0 Å². The van der Waals surface area contributed by atoms with Crippen molar-refractivity contribution in [3.05, 3.63) is 12.2 Å². The minimum Gasteiger partial charge on any atom is -1.00 e. The summed E-state index contributed by atoms with van der Waals surface area (Å²) in [5.74, 6) is -0.276. The van der Waals surface area contributed by atoms with Crippen LogP contribution in [0, 0.1) is 0 Å². The Hall–Kier alpha value is -0.540. The fourth-order valence-electron chi connectivity index (χ4n) is 2.29. The summed E-state index contributed by atoms with van der Waals surface area (Å²) < 4.78 is 6.08. The van der Waals surface area contributed by atoms with Crippen molar-refractivity contribution in [3.8, 4) is 0 Å². The predicted octanol–water partition coefficient (Wildman–Crippen LogP) is 1.33. The van der Waals surface area contributed by atoms with Crippen molar-refractivity contribution in [2.45, 2.75) is 65.2 Å². The van der Waals surface area contributed by atoms with Crippen LogP contribution in [0.1, 0.15) is 65.2 Å². The Labute approximate surface area is 144 Å². The lowest BCUT2D eigenvalue weighted by Gasteiger charge is -2.29. The highest BCUT2D eigenvalue weighted by Gasteiger charge is 2.15. The van der Waals surface area contributed by atoms with Gasteiger partial charge in [0.15, 0.2) is 0 Å². The molecule has 0 aromatic rings. The molecule has 3 nitrogen and oxygen atoms in total. The highest BCUT2D eigenvalue weighted by molar-refractivity contribution is 5.86. The Bertz CT molecular complexity index is 303. The van der Waals surface area contributed by atoms with Crippen molar-refractivity contribution in [1.82, 2.24) is 0 Å². The van der Waals surface area contributed by atoms with Crippen LogP contribution in [0.4, 0.5) is 0 Å². The van der Waals surface area contributed by atoms with E-state index in [1.54, 1.807) is 6.92 Å². The van der Waals surface area contributed by atoms with E-state index in [1.165, 1.54) is 51.4 Å². The van der Waals surface area contributed by atoms with E-state index in [1.807, 2.05) is 0 Å². The van der Waals surface area contributed by atoms with E-state index in [9.17, 15) is 4.79 Å². The molecule has 0 bridgehead atoms. The maximum absolute atomic E-state index is 11.3. The summed E-state index contributed by atoms with van der Waals surface area (Å²) in [6, 6.07) is 0. The van der Waals surface area contributed by atoms with Gasteiger partial charge in [-0.2, -0.15) is 0 Å². The SMILES string of the molecule is C=C(C)C(=O)OCC[N+](C)(C)CCCCCCCCCC.[Cl-]. The van der Waals surface area contributed by atoms with Crippen molar-refractivity contribution in [2.24, 2.45) is 0 Å². The number of quaternary nitrogens is 1. The molecule has 0 spiro atoms. The number of likely N-dealkylation sites (N-methyl/N-ethyl adjacent to an activating group) is 1. The second kappa shape index (κ2) is 14.1. The zero-order chi connectivity index (χ0) is 16.1. The molecule has 132 valence electrons. The lowest BCUT2D eigenvalue weighted by atomic mass is 10.1. The van der Waals surface area contributed by atoms with Crippen LogP contribution in [-0.4, -0.2) is 44.2 Å². The second-order valence-corrected chi connectivity index (χ2v) is 6.77. The van der Waals surface area contributed by atoms with Crippen LogP contribution in [0.15, 0.2) is 12.2 Å². The van der Waals surface area contributed by atoms with Gasteiger partial charge in [-0.1, -0.05) is 52.0 Å². The molecule has 0 aromatic heterocycles. The van der Waals surface area contributed by atoms with Gasteiger partial charge in [0, 0.05) is 5.57 Å². The van der Waals surface area contributed by atoms with E-state index in [0.717, 1.165) is 17.6 Å². The first-order valence-electron chi connectivity index (χ1n) is 8.53. The van der Waals surface area contributed by atoms with Gasteiger partial charge in [0.25, 0.3) is 0 Å². The number of nitrogens with zero attached hydrogens (tertiary/aromatic N) is 1. The topological polar surface area (TPSA) is 26.3 Å². The Morgan fingerprint density at radius 2 is 1.45 bits per heavy atom. The van der Waals surface area contributed by atoms with Crippen molar-refractivity contribution < 1.29 is 26.4 Å². The molecule has 0 saturated carbocycles. The molecule has 0 amide bonds. The third-order valence-electron chi connectivity index (χ3n) is 3.90. The number of carbonyl (C=O) groups is 1. The molecule has 0 aromatic carbocycles. The molecule has 0 rings (SSSR count). The first-order valence-corrected chi connectivity index (χ1v) is 8.53. The lowest BCUT2D eigenvalue weighted by molar-refractivity contribution is -0.890. The number of rotatable bonds is 13. The van der Waals surface area contributed by atoms with E-state index in [2.05, 4.69) is 27.6 Å². The minimum absolute atomic E-state index is 0. The van der Waals surface area contributed by atoms with Crippen molar-refractivity contribution in [1.29, 1.82) is 0 Å². The summed E-state index contributed by atoms with van der Waals surface area (Å²) in [7, 11) is 4.41. The summed E-state index contributed by atoms with van der Waals surface area (Å²) >= 11 is 0. The number of halogens is 1. The van der Waals surface area contributed by atoms with Gasteiger partial charge in [-0.05, 0) is 19.8 Å². The van der Waals surface area contributed by atoms with Crippen LogP contribution in [0.25, 0.3) is 0 Å². The molecule has 0 radical (unpaired) electrons. The monoisotopic (exact) mass is 333 g/mol. The molecule has 0 atom stereocenters. The zero-order valence-corrected chi connectivity index (χ0v) is 15.9. The first kappa shape index (κ1) is 23.7. The molecule has 0 N–H and O–H groups in total. The average molecular weight is 334 g/mol. The number of hydrogen-bond acceptors (Lipinski definition) is 2. The fourth-order valence-corrected chi connectivity index (χ4v) is 2.29. The van der Waals surface area contributed by atoms with Crippen molar-refractivity contribution in [3.63, 3.8) is 0 Å². The largest absolute Gasteiger partial charge is 1.00 e. The Morgan fingerprint density at radius 3 is 1.95 bits per heavy atom. The number of esters is 1. The molecular weight excluding hydrogens is 298 g/mol. The van der Waals surface area contributed by atoms with Crippen LogP contribution < -0.4 is 12.4 Å². The van der Waals surface area contributed by atoms with E-state index in [-0.39, 0.29) is 18.4 Å². The molecule has 22 heavy (non-hydrogen) atoms. The van der Waals surface area contributed by atoms with Gasteiger partial charge in [-0.25, -0.2) is 4.79 Å². The summed E-state index contributed by atoms with van der Waals surface area (Å²) in [5.41, 5.74) is 0.475. The van der Waals surface area contributed by atoms with Gasteiger partial charge in [0.05, 0.1) is 20.6 Å². The van der Waals surface area contributed by atoms with Crippen molar-refractivity contribution >= 4 is 5.97 Å². The van der Waals surface area contributed by atoms with Crippen LogP contribution in [0.3, 0.4) is 0 Å².